The maximum absolute atomic E-state index is 13.1. The molecule has 7 nitrogen and oxygen atoms in total. The lowest BCUT2D eigenvalue weighted by atomic mass is 10.1. The van der Waals surface area contributed by atoms with E-state index in [4.69, 9.17) is 9.47 Å². The highest BCUT2D eigenvalue weighted by Gasteiger charge is 2.49. The molecule has 1 aromatic carbocycles. The Kier molecular flexibility index (Phi) is 6.85. The Bertz CT molecular complexity index is 988. The number of nitrogens with one attached hydrogen (secondary N) is 2. The van der Waals surface area contributed by atoms with E-state index in [0.717, 1.165) is 18.7 Å². The number of nitrogens with zero attached hydrogens (tertiary/aromatic N) is 2. The zero-order chi connectivity index (χ0) is 24.6. The van der Waals surface area contributed by atoms with Crippen molar-refractivity contribution in [1.82, 2.24) is 20.2 Å². The molecule has 184 valence electrons. The fourth-order valence-corrected chi connectivity index (χ4v) is 3.43. The number of aromatic nitrogens is 2. The Morgan fingerprint density at radius 2 is 1.91 bits per heavy atom. The number of hydrogen-bond donors (Lipinski definition) is 2. The number of aromatic amines is 1. The number of alkyl halides is 6. The zero-order valence-electron chi connectivity index (χ0n) is 18.1. The Hall–Kier alpha value is -2.54. The van der Waals surface area contributed by atoms with Crippen LogP contribution in [0.1, 0.15) is 31.3 Å². The number of fused-ring (bicyclic) bond motifs is 1. The van der Waals surface area contributed by atoms with Gasteiger partial charge in [0.1, 0.15) is 11.9 Å². The number of benzene rings is 1. The SMILES string of the molecule is COC[C@H](c1ccc2nc(CCOC(C)(C)C(F)(F)F)[nH]c2c1)N1C[C@@H](C(F)(F)F)NC1=O. The number of imidazole rings is 1. The molecule has 2 atom stereocenters. The molecular formula is C20H24F6N4O3. The van der Waals surface area contributed by atoms with Gasteiger partial charge in [0, 0.05) is 13.5 Å². The smallest absolute Gasteiger partial charge is 0.382 e. The molecule has 33 heavy (non-hydrogen) atoms. The van der Waals surface area contributed by atoms with E-state index in [1.54, 1.807) is 18.2 Å². The third-order valence-electron chi connectivity index (χ3n) is 5.46. The van der Waals surface area contributed by atoms with Crippen LogP contribution in [-0.4, -0.2) is 71.8 Å². The molecule has 0 unspecified atom stereocenters. The minimum Gasteiger partial charge on any atom is -0.382 e. The van der Waals surface area contributed by atoms with Crippen LogP contribution in [0, 0.1) is 0 Å². The monoisotopic (exact) mass is 482 g/mol. The summed E-state index contributed by atoms with van der Waals surface area (Å²) in [7, 11) is 1.37. The molecule has 1 fully saturated rings. The van der Waals surface area contributed by atoms with Crippen molar-refractivity contribution in [2.75, 3.05) is 26.9 Å². The molecule has 1 saturated heterocycles. The number of urea groups is 1. The second kappa shape index (κ2) is 9.01. The quantitative estimate of drug-likeness (QED) is 0.556. The number of methoxy groups -OCH3 is 1. The number of halogens is 6. The molecule has 0 aliphatic carbocycles. The van der Waals surface area contributed by atoms with Crippen molar-refractivity contribution in [3.63, 3.8) is 0 Å². The summed E-state index contributed by atoms with van der Waals surface area (Å²) < 4.78 is 88.0. The van der Waals surface area contributed by atoms with Crippen LogP contribution in [0.4, 0.5) is 31.1 Å². The highest BCUT2D eigenvalue weighted by molar-refractivity contribution is 5.79. The average molecular weight is 482 g/mol. The first-order valence-electron chi connectivity index (χ1n) is 10.0. The predicted molar refractivity (Wildman–Crippen MR) is 106 cm³/mol. The van der Waals surface area contributed by atoms with Gasteiger partial charge in [-0.05, 0) is 31.5 Å². The van der Waals surface area contributed by atoms with Gasteiger partial charge in [-0.1, -0.05) is 6.07 Å². The number of amides is 2. The summed E-state index contributed by atoms with van der Waals surface area (Å²) in [6, 6.07) is 1.25. The molecule has 13 heteroatoms. The van der Waals surface area contributed by atoms with Gasteiger partial charge >= 0.3 is 18.4 Å². The van der Waals surface area contributed by atoms with E-state index in [9.17, 15) is 31.1 Å². The fourth-order valence-electron chi connectivity index (χ4n) is 3.43. The number of rotatable bonds is 8. The van der Waals surface area contributed by atoms with Gasteiger partial charge in [0.15, 0.2) is 5.60 Å². The van der Waals surface area contributed by atoms with E-state index in [-0.39, 0.29) is 19.6 Å². The minimum atomic E-state index is -4.58. The van der Waals surface area contributed by atoms with Gasteiger partial charge in [0.05, 0.1) is 36.8 Å². The van der Waals surface area contributed by atoms with Gasteiger partial charge in [-0.15, -0.1) is 0 Å². The molecule has 3 rings (SSSR count). The maximum Gasteiger partial charge on any atom is 0.416 e. The summed E-state index contributed by atoms with van der Waals surface area (Å²) in [6.07, 6.45) is -9.00. The standard InChI is InChI=1S/C20H24F6N4O3/c1-18(2,20(24,25)26)33-7-6-16-27-12-5-4-11(8-13(12)28-16)14(10-32-3)30-9-15(19(21,22)23)29-17(30)31/h4-5,8,14-15H,6-7,9-10H2,1-3H3,(H,27,28)(H,29,31)/t14-,15+/m1/s1. The lowest BCUT2D eigenvalue weighted by molar-refractivity contribution is -0.263. The first-order chi connectivity index (χ1) is 15.2. The van der Waals surface area contributed by atoms with Crippen molar-refractivity contribution in [2.24, 2.45) is 0 Å². The van der Waals surface area contributed by atoms with E-state index in [0.29, 0.717) is 22.4 Å². The first kappa shape index (κ1) is 25.1. The highest BCUT2D eigenvalue weighted by Crippen LogP contribution is 2.33. The van der Waals surface area contributed by atoms with Gasteiger partial charge in [-0.25, -0.2) is 9.78 Å². The van der Waals surface area contributed by atoms with Crippen molar-refractivity contribution in [1.29, 1.82) is 0 Å². The van der Waals surface area contributed by atoms with Crippen LogP contribution in [-0.2, 0) is 15.9 Å². The number of ether oxygens (including phenoxy) is 2. The topological polar surface area (TPSA) is 79.5 Å². The highest BCUT2D eigenvalue weighted by atomic mass is 19.4. The Morgan fingerprint density at radius 1 is 1.21 bits per heavy atom. The third-order valence-corrected chi connectivity index (χ3v) is 5.46. The number of carbonyl (C=O) groups is 1. The summed E-state index contributed by atoms with van der Waals surface area (Å²) in [6.45, 7) is 1.05. The maximum atomic E-state index is 13.1. The second-order valence-electron chi connectivity index (χ2n) is 8.23. The molecule has 1 aromatic heterocycles. The molecule has 2 aromatic rings. The van der Waals surface area contributed by atoms with Crippen molar-refractivity contribution >= 4 is 17.1 Å². The number of hydrogen-bond acceptors (Lipinski definition) is 4. The Balaban J connectivity index is 1.76. The summed E-state index contributed by atoms with van der Waals surface area (Å²) >= 11 is 0. The van der Waals surface area contributed by atoms with Gasteiger partial charge in [-0.3, -0.25) is 0 Å². The van der Waals surface area contributed by atoms with Gasteiger partial charge in [0.25, 0.3) is 0 Å². The summed E-state index contributed by atoms with van der Waals surface area (Å²) in [5, 5.41) is 1.93. The van der Waals surface area contributed by atoms with E-state index in [1.165, 1.54) is 7.11 Å². The molecule has 0 bridgehead atoms. The number of H-pyrrole nitrogens is 1. The fraction of sp³-hybridized carbons (Fsp3) is 0.600. The first-order valence-corrected chi connectivity index (χ1v) is 10.0. The minimum absolute atomic E-state index is 0.0368. The van der Waals surface area contributed by atoms with Crippen LogP contribution in [0.15, 0.2) is 18.2 Å². The van der Waals surface area contributed by atoms with Gasteiger partial charge in [0.2, 0.25) is 0 Å². The van der Waals surface area contributed by atoms with E-state index >= 15 is 0 Å². The molecular weight excluding hydrogens is 458 g/mol. The van der Waals surface area contributed by atoms with E-state index in [1.807, 2.05) is 5.32 Å². The van der Waals surface area contributed by atoms with Crippen LogP contribution in [0.5, 0.6) is 0 Å². The molecule has 0 saturated carbocycles. The Morgan fingerprint density at radius 3 is 2.48 bits per heavy atom. The van der Waals surface area contributed by atoms with Crippen LogP contribution in [0.3, 0.4) is 0 Å². The van der Waals surface area contributed by atoms with Crippen molar-refractivity contribution in [2.45, 2.75) is 50.3 Å². The van der Waals surface area contributed by atoms with Crippen molar-refractivity contribution in [3.05, 3.63) is 29.6 Å². The van der Waals surface area contributed by atoms with E-state index < -0.39 is 42.6 Å². The van der Waals surface area contributed by atoms with Crippen LogP contribution in [0.2, 0.25) is 0 Å². The molecule has 1 aliphatic heterocycles. The third kappa shape index (κ3) is 5.52. The Labute approximate surface area is 185 Å². The van der Waals surface area contributed by atoms with Gasteiger partial charge in [-0.2, -0.15) is 26.3 Å². The molecule has 1 aliphatic rings. The normalized spacial score (nSPS) is 18.8. The molecule has 0 spiro atoms. The molecule has 2 amide bonds. The van der Waals surface area contributed by atoms with Crippen molar-refractivity contribution < 1.29 is 40.6 Å². The summed E-state index contributed by atoms with van der Waals surface area (Å²) in [5.74, 6) is 0.388. The van der Waals surface area contributed by atoms with Crippen molar-refractivity contribution in [3.8, 4) is 0 Å². The lowest BCUT2D eigenvalue weighted by Crippen LogP contribution is -2.42. The van der Waals surface area contributed by atoms with Crippen LogP contribution < -0.4 is 5.32 Å². The van der Waals surface area contributed by atoms with Gasteiger partial charge < -0.3 is 24.7 Å². The second-order valence-corrected chi connectivity index (χ2v) is 8.23. The zero-order valence-corrected chi connectivity index (χ0v) is 18.1. The number of carbonyl (C=O) groups excluding carboxylic acids is 1. The summed E-state index contributed by atoms with van der Waals surface area (Å²) in [5.41, 5.74) is -0.749. The predicted octanol–water partition coefficient (Wildman–Crippen LogP) is 4.11. The average Bonchev–Trinajstić information content (AvgIpc) is 3.27. The van der Waals surface area contributed by atoms with Crippen LogP contribution >= 0.6 is 0 Å². The molecule has 2 N–H and O–H groups in total. The van der Waals surface area contributed by atoms with E-state index in [2.05, 4.69) is 9.97 Å². The molecule has 0 radical (unpaired) electrons. The lowest BCUT2D eigenvalue weighted by Gasteiger charge is -2.27. The largest absolute Gasteiger partial charge is 0.416 e. The van der Waals surface area contributed by atoms with Crippen LogP contribution in [0.25, 0.3) is 11.0 Å². The molecule has 2 heterocycles. The summed E-state index contributed by atoms with van der Waals surface area (Å²) in [4.78, 5) is 20.6.